The fourth-order valence-corrected chi connectivity index (χ4v) is 2.38. The van der Waals surface area contributed by atoms with E-state index < -0.39 is 12.1 Å². The number of hydrogen-bond acceptors (Lipinski definition) is 5. The smallest absolute Gasteiger partial charge is 0.475 e. The van der Waals surface area contributed by atoms with Gasteiger partial charge in [0.2, 0.25) is 0 Å². The lowest BCUT2D eigenvalue weighted by atomic mass is 10.2. The monoisotopic (exact) mass is 404 g/mol. The molecule has 0 unspecified atom stereocenters. The molecule has 1 aromatic carbocycles. The molecule has 1 amide bonds. The highest BCUT2D eigenvalue weighted by Crippen LogP contribution is 2.18. The number of aromatic nitrogens is 1. The number of benzene rings is 1. The average Bonchev–Trinajstić information content (AvgIpc) is 2.61. The number of piperazine rings is 1. The zero-order valence-electron chi connectivity index (χ0n) is 13.9. The SMILES string of the molecule is O=C(NN1CCNCC1)c1ccc2cc(Cl)ccc2n1.O=C(O)C(F)(F)F. The van der Waals surface area contributed by atoms with Gasteiger partial charge in [-0.25, -0.2) is 14.8 Å². The van der Waals surface area contributed by atoms with E-state index in [2.05, 4.69) is 15.7 Å². The minimum atomic E-state index is -5.08. The molecule has 0 radical (unpaired) electrons. The minimum Gasteiger partial charge on any atom is -0.475 e. The van der Waals surface area contributed by atoms with Gasteiger partial charge in [-0.1, -0.05) is 17.7 Å². The number of fused-ring (bicyclic) bond motifs is 1. The van der Waals surface area contributed by atoms with Crippen LogP contribution in [0.1, 0.15) is 10.5 Å². The van der Waals surface area contributed by atoms with Crippen molar-refractivity contribution in [2.24, 2.45) is 0 Å². The Labute approximate surface area is 157 Å². The van der Waals surface area contributed by atoms with Crippen molar-refractivity contribution in [1.82, 2.24) is 20.7 Å². The zero-order chi connectivity index (χ0) is 20.0. The number of carbonyl (C=O) groups is 2. The topological polar surface area (TPSA) is 94.6 Å². The predicted molar refractivity (Wildman–Crippen MR) is 92.4 cm³/mol. The van der Waals surface area contributed by atoms with Gasteiger partial charge in [-0.05, 0) is 24.3 Å². The number of nitrogens with zero attached hydrogens (tertiary/aromatic N) is 2. The number of amides is 1. The highest BCUT2D eigenvalue weighted by molar-refractivity contribution is 6.31. The molecular formula is C16H16ClF3N4O3. The third-order valence-corrected chi connectivity index (χ3v) is 3.74. The third-order valence-electron chi connectivity index (χ3n) is 3.50. The van der Waals surface area contributed by atoms with Crippen molar-refractivity contribution in [3.05, 3.63) is 41.0 Å². The number of carbonyl (C=O) groups excluding carboxylic acids is 1. The van der Waals surface area contributed by atoms with Gasteiger partial charge in [0.05, 0.1) is 5.52 Å². The summed E-state index contributed by atoms with van der Waals surface area (Å²) in [6.07, 6.45) is -5.08. The zero-order valence-corrected chi connectivity index (χ0v) is 14.6. The number of rotatable bonds is 2. The molecule has 0 saturated carbocycles. The molecule has 1 aliphatic rings. The summed E-state index contributed by atoms with van der Waals surface area (Å²) in [6, 6.07) is 9.01. The van der Waals surface area contributed by atoms with Crippen molar-refractivity contribution in [3.8, 4) is 0 Å². The predicted octanol–water partition coefficient (Wildman–Crippen LogP) is 2.07. The largest absolute Gasteiger partial charge is 0.490 e. The van der Waals surface area contributed by atoms with Gasteiger partial charge < -0.3 is 10.4 Å². The summed E-state index contributed by atoms with van der Waals surface area (Å²) in [5, 5.41) is 13.9. The Bertz CT molecular complexity index is 826. The molecule has 3 N–H and O–H groups in total. The quantitative estimate of drug-likeness (QED) is 0.709. The first-order valence-corrected chi connectivity index (χ1v) is 8.17. The molecule has 2 aromatic rings. The summed E-state index contributed by atoms with van der Waals surface area (Å²) in [6.45, 7) is 3.36. The molecule has 2 heterocycles. The Hall–Kier alpha value is -2.43. The number of hydrogen-bond donors (Lipinski definition) is 3. The van der Waals surface area contributed by atoms with Crippen LogP contribution in [0.5, 0.6) is 0 Å². The first-order chi connectivity index (χ1) is 12.7. The van der Waals surface area contributed by atoms with Crippen molar-refractivity contribution in [2.45, 2.75) is 6.18 Å². The number of hydrazine groups is 1. The van der Waals surface area contributed by atoms with Crippen LogP contribution >= 0.6 is 11.6 Å². The molecule has 1 aliphatic heterocycles. The van der Waals surface area contributed by atoms with Gasteiger partial charge in [0, 0.05) is 36.6 Å². The number of aliphatic carboxylic acids is 1. The van der Waals surface area contributed by atoms with Gasteiger partial charge in [-0.3, -0.25) is 10.2 Å². The van der Waals surface area contributed by atoms with Gasteiger partial charge >= 0.3 is 12.1 Å². The lowest BCUT2D eigenvalue weighted by Gasteiger charge is -2.27. The Balaban J connectivity index is 0.000000321. The number of carboxylic acids is 1. The molecule has 0 aliphatic carbocycles. The van der Waals surface area contributed by atoms with E-state index in [1.807, 2.05) is 23.2 Å². The van der Waals surface area contributed by atoms with E-state index in [9.17, 15) is 18.0 Å². The second kappa shape index (κ2) is 8.98. The fourth-order valence-electron chi connectivity index (χ4n) is 2.20. The van der Waals surface area contributed by atoms with E-state index in [0.717, 1.165) is 37.1 Å². The molecule has 0 spiro atoms. The standard InChI is InChI=1S/C14H15ClN4O.C2HF3O2/c15-11-2-4-12-10(9-11)1-3-13(17-12)14(20)18-19-7-5-16-6-8-19;3-2(4,5)1(6)7/h1-4,9,16H,5-8H2,(H,18,20);(H,6,7). The summed E-state index contributed by atoms with van der Waals surface area (Å²) in [7, 11) is 0. The minimum absolute atomic E-state index is 0.177. The Morgan fingerprint density at radius 2 is 1.81 bits per heavy atom. The van der Waals surface area contributed by atoms with E-state index >= 15 is 0 Å². The lowest BCUT2D eigenvalue weighted by molar-refractivity contribution is -0.192. The van der Waals surface area contributed by atoms with Crippen LogP contribution in [-0.4, -0.2) is 59.3 Å². The van der Waals surface area contributed by atoms with Crippen LogP contribution in [0.3, 0.4) is 0 Å². The summed E-state index contributed by atoms with van der Waals surface area (Å²) >= 11 is 5.93. The maximum absolute atomic E-state index is 12.2. The van der Waals surface area contributed by atoms with Crippen molar-refractivity contribution < 1.29 is 27.9 Å². The van der Waals surface area contributed by atoms with Gasteiger partial charge in [0.25, 0.3) is 5.91 Å². The van der Waals surface area contributed by atoms with Gasteiger partial charge in [0.1, 0.15) is 5.69 Å². The van der Waals surface area contributed by atoms with Crippen LogP contribution in [0.2, 0.25) is 5.02 Å². The van der Waals surface area contributed by atoms with Crippen LogP contribution < -0.4 is 10.7 Å². The van der Waals surface area contributed by atoms with E-state index in [-0.39, 0.29) is 5.91 Å². The van der Waals surface area contributed by atoms with Crippen LogP contribution in [0, 0.1) is 0 Å². The molecule has 1 aromatic heterocycles. The van der Waals surface area contributed by atoms with Crippen LogP contribution in [0.4, 0.5) is 13.2 Å². The molecular weight excluding hydrogens is 389 g/mol. The van der Waals surface area contributed by atoms with Gasteiger partial charge in [-0.2, -0.15) is 13.2 Å². The van der Waals surface area contributed by atoms with Crippen LogP contribution in [0.15, 0.2) is 30.3 Å². The highest BCUT2D eigenvalue weighted by Gasteiger charge is 2.38. The second-order valence-electron chi connectivity index (χ2n) is 5.51. The number of nitrogens with one attached hydrogen (secondary N) is 2. The number of halogens is 4. The van der Waals surface area contributed by atoms with Crippen LogP contribution in [-0.2, 0) is 4.79 Å². The van der Waals surface area contributed by atoms with Gasteiger partial charge in [-0.15, -0.1) is 0 Å². The van der Waals surface area contributed by atoms with Crippen molar-refractivity contribution in [2.75, 3.05) is 26.2 Å². The number of pyridine rings is 1. The summed E-state index contributed by atoms with van der Waals surface area (Å²) in [5.74, 6) is -2.93. The lowest BCUT2D eigenvalue weighted by Crippen LogP contribution is -2.52. The first-order valence-electron chi connectivity index (χ1n) is 7.80. The third kappa shape index (κ3) is 6.35. The molecule has 11 heteroatoms. The summed E-state index contributed by atoms with van der Waals surface area (Å²) in [4.78, 5) is 25.4. The van der Waals surface area contributed by atoms with Crippen molar-refractivity contribution >= 4 is 34.4 Å². The molecule has 1 fully saturated rings. The number of carboxylic acid groups (broad SMARTS) is 1. The number of alkyl halides is 3. The molecule has 0 bridgehead atoms. The second-order valence-corrected chi connectivity index (χ2v) is 5.95. The maximum atomic E-state index is 12.2. The molecule has 0 atom stereocenters. The fraction of sp³-hybridized carbons (Fsp3) is 0.312. The van der Waals surface area contributed by atoms with E-state index in [0.29, 0.717) is 10.7 Å². The Kier molecular flexibility index (Phi) is 6.94. The molecule has 27 heavy (non-hydrogen) atoms. The van der Waals surface area contributed by atoms with E-state index in [4.69, 9.17) is 21.5 Å². The van der Waals surface area contributed by atoms with Crippen molar-refractivity contribution in [3.63, 3.8) is 0 Å². The average molecular weight is 405 g/mol. The van der Waals surface area contributed by atoms with E-state index in [1.54, 1.807) is 12.1 Å². The maximum Gasteiger partial charge on any atom is 0.490 e. The van der Waals surface area contributed by atoms with Gasteiger partial charge in [0.15, 0.2) is 0 Å². The summed E-state index contributed by atoms with van der Waals surface area (Å²) < 4.78 is 31.7. The first kappa shape index (κ1) is 20.9. The molecule has 3 rings (SSSR count). The normalized spacial score (nSPS) is 15.0. The molecule has 1 saturated heterocycles. The highest BCUT2D eigenvalue weighted by atomic mass is 35.5. The summed E-state index contributed by atoms with van der Waals surface area (Å²) in [5.41, 5.74) is 4.06. The van der Waals surface area contributed by atoms with E-state index in [1.165, 1.54) is 0 Å². The molecule has 146 valence electrons. The van der Waals surface area contributed by atoms with Crippen LogP contribution in [0.25, 0.3) is 10.9 Å². The Morgan fingerprint density at radius 1 is 1.19 bits per heavy atom. The molecule has 7 nitrogen and oxygen atoms in total. The van der Waals surface area contributed by atoms with Crippen molar-refractivity contribution in [1.29, 1.82) is 0 Å². The Morgan fingerprint density at radius 3 is 2.41 bits per heavy atom.